The Bertz CT molecular complexity index is 2140. The van der Waals surface area contributed by atoms with Crippen LogP contribution >= 0.6 is 11.6 Å². The van der Waals surface area contributed by atoms with E-state index in [1.54, 1.807) is 7.11 Å². The Labute approximate surface area is 348 Å². The van der Waals surface area contributed by atoms with Crippen LogP contribution in [0.3, 0.4) is 0 Å². The van der Waals surface area contributed by atoms with Gasteiger partial charge in [0.25, 0.3) is 0 Å². The first-order chi connectivity index (χ1) is 27.9. The van der Waals surface area contributed by atoms with E-state index in [4.69, 9.17) is 45.6 Å². The van der Waals surface area contributed by atoms with Crippen LogP contribution in [0, 0.1) is 17.3 Å². The number of benzene rings is 2. The molecule has 2 aromatic heterocycles. The molecule has 1 saturated carbocycles. The molecule has 12 heteroatoms. The Morgan fingerprint density at radius 1 is 1.03 bits per heavy atom. The van der Waals surface area contributed by atoms with Crippen molar-refractivity contribution < 1.29 is 23.7 Å². The summed E-state index contributed by atoms with van der Waals surface area (Å²) in [5, 5.41) is 7.22. The summed E-state index contributed by atoms with van der Waals surface area (Å²) in [5.74, 6) is 1.61. The molecule has 0 N–H and O–H groups in total. The molecule has 0 bridgehead atoms. The molecule has 3 unspecified atom stereocenters. The van der Waals surface area contributed by atoms with Crippen molar-refractivity contribution in [3.8, 4) is 22.9 Å². The lowest BCUT2D eigenvalue weighted by molar-refractivity contribution is -0.164. The molecule has 312 valence electrons. The van der Waals surface area contributed by atoms with Crippen molar-refractivity contribution in [2.45, 2.75) is 117 Å². The summed E-state index contributed by atoms with van der Waals surface area (Å²) in [6, 6.07) is 6.47. The zero-order valence-corrected chi connectivity index (χ0v) is 36.1. The number of halogens is 1. The third kappa shape index (κ3) is 8.03. The lowest BCUT2D eigenvalue weighted by Crippen LogP contribution is -2.45. The number of piperidine rings is 2. The number of anilines is 1. The Morgan fingerprint density at radius 3 is 2.47 bits per heavy atom. The number of rotatable bonds is 9. The van der Waals surface area contributed by atoms with Crippen LogP contribution in [0.1, 0.15) is 111 Å². The van der Waals surface area contributed by atoms with E-state index in [1.165, 1.54) is 0 Å². The predicted octanol–water partition coefficient (Wildman–Crippen LogP) is 9.88. The highest BCUT2D eigenvalue weighted by atomic mass is 35.5. The van der Waals surface area contributed by atoms with Gasteiger partial charge in [0.15, 0.2) is 12.0 Å². The number of carbonyl (C=O) groups excluding carboxylic acids is 1. The molecule has 8 rings (SSSR count). The van der Waals surface area contributed by atoms with Crippen LogP contribution in [0.25, 0.3) is 39.0 Å². The van der Waals surface area contributed by atoms with E-state index < -0.39 is 5.60 Å². The fourth-order valence-corrected chi connectivity index (χ4v) is 10.4. The van der Waals surface area contributed by atoms with E-state index >= 15 is 0 Å². The molecule has 58 heavy (non-hydrogen) atoms. The number of aromatic nitrogens is 4. The summed E-state index contributed by atoms with van der Waals surface area (Å²) in [7, 11) is 1.70. The van der Waals surface area contributed by atoms with Gasteiger partial charge in [0, 0.05) is 59.7 Å². The Morgan fingerprint density at radius 2 is 1.81 bits per heavy atom. The number of nitrogens with zero attached hydrogens (tertiary/aromatic N) is 6. The molecule has 1 aliphatic carbocycles. The number of likely N-dealkylation sites (tertiary alicyclic amines) is 1. The van der Waals surface area contributed by atoms with Gasteiger partial charge < -0.3 is 28.7 Å². The molecular weight excluding hydrogens is 752 g/mol. The fourth-order valence-electron chi connectivity index (χ4n) is 10.2. The van der Waals surface area contributed by atoms with Crippen LogP contribution in [-0.4, -0.2) is 88.8 Å². The summed E-state index contributed by atoms with van der Waals surface area (Å²) in [6.07, 6.45) is 13.5. The monoisotopic (exact) mass is 812 g/mol. The van der Waals surface area contributed by atoms with Crippen molar-refractivity contribution in [1.29, 1.82) is 0 Å². The van der Waals surface area contributed by atoms with Gasteiger partial charge in [-0.05, 0) is 127 Å². The van der Waals surface area contributed by atoms with Gasteiger partial charge in [-0.1, -0.05) is 38.1 Å². The number of hydrogen-bond acceptors (Lipinski definition) is 10. The van der Waals surface area contributed by atoms with Crippen molar-refractivity contribution >= 4 is 51.3 Å². The first-order valence-electron chi connectivity index (χ1n) is 21.6. The first-order valence-corrected chi connectivity index (χ1v) is 22.0. The smallest absolute Gasteiger partial charge is 0.319 e. The van der Waals surface area contributed by atoms with Crippen LogP contribution in [0.4, 0.5) is 5.82 Å². The summed E-state index contributed by atoms with van der Waals surface area (Å²) >= 11 is 7.16. The van der Waals surface area contributed by atoms with Gasteiger partial charge in [-0.2, -0.15) is 15.1 Å². The highest BCUT2D eigenvalue weighted by molar-refractivity contribution is 6.35. The fraction of sp³-hybridized carbons (Fsp3) is 0.609. The largest absolute Gasteiger partial charge is 0.494 e. The second-order valence-electron chi connectivity index (χ2n) is 18.2. The molecule has 0 amide bonds. The molecule has 3 aliphatic heterocycles. The molecule has 0 radical (unpaired) electrons. The second kappa shape index (κ2) is 16.6. The number of methoxy groups -OCH3 is 1. The van der Waals surface area contributed by atoms with Gasteiger partial charge >= 0.3 is 12.0 Å². The van der Waals surface area contributed by atoms with Gasteiger partial charge in [-0.3, -0.25) is 4.79 Å². The number of hydrogen-bond donors (Lipinski definition) is 0. The van der Waals surface area contributed by atoms with E-state index in [0.29, 0.717) is 22.3 Å². The third-order valence-corrected chi connectivity index (χ3v) is 13.6. The van der Waals surface area contributed by atoms with Crippen LogP contribution in [0.2, 0.25) is 5.02 Å². The second-order valence-corrected chi connectivity index (χ2v) is 18.6. The van der Waals surface area contributed by atoms with Gasteiger partial charge in [-0.15, -0.1) is 0 Å². The predicted molar refractivity (Wildman–Crippen MR) is 231 cm³/mol. The standard InChI is InChI=1S/C46H61ClN6O5/c1-8-30-26-33-40(41(55-7)38(30)39-34-28-48-53(36(34)14-13-35(39)47)37-12-10-11-25-56-37)49-44(57-31-16-21-51(9-2)22-17-31)50-42(33)52-23-19-46(20-24-52)18-15-32(29(3)27-46)43(54)58-45(4,5)6/h8,13-14,26,28-29,31-32,37H,1,9-12,15-25,27H2,2-7H3. The average Bonchev–Trinajstić information content (AvgIpc) is 3.64. The summed E-state index contributed by atoms with van der Waals surface area (Å²) in [4.78, 5) is 28.4. The van der Waals surface area contributed by atoms with E-state index in [0.717, 1.165) is 142 Å². The van der Waals surface area contributed by atoms with Crippen LogP contribution in [0.15, 0.2) is 31.0 Å². The van der Waals surface area contributed by atoms with Crippen molar-refractivity contribution in [2.75, 3.05) is 51.3 Å². The van der Waals surface area contributed by atoms with E-state index in [1.807, 2.05) is 49.9 Å². The Balaban J connectivity index is 1.17. The van der Waals surface area contributed by atoms with Crippen LogP contribution in [0.5, 0.6) is 11.8 Å². The zero-order chi connectivity index (χ0) is 40.8. The SMILES string of the molecule is C=Cc1cc2c(N3CCC4(CCC(C(=O)OC(C)(C)C)C(C)C4)CC3)nc(OC3CCN(CC)CC3)nc2c(OC)c1-c1c(Cl)ccc2c1cnn2C1CCCCO1. The molecule has 1 spiro atoms. The summed E-state index contributed by atoms with van der Waals surface area (Å²) in [6.45, 7) is 20.0. The molecule has 4 aromatic rings. The highest BCUT2D eigenvalue weighted by Crippen LogP contribution is 2.51. The topological polar surface area (TPSA) is 104 Å². The molecule has 2 aromatic carbocycles. The summed E-state index contributed by atoms with van der Waals surface area (Å²) in [5.41, 5.74) is 3.83. The van der Waals surface area contributed by atoms with Gasteiger partial charge in [-0.25, -0.2) is 4.68 Å². The Kier molecular flexibility index (Phi) is 11.7. The summed E-state index contributed by atoms with van der Waals surface area (Å²) < 4.78 is 27.1. The maximum Gasteiger partial charge on any atom is 0.319 e. The lowest BCUT2D eigenvalue weighted by atomic mass is 9.62. The first kappa shape index (κ1) is 40.8. The molecule has 3 saturated heterocycles. The minimum atomic E-state index is -0.477. The van der Waals surface area contributed by atoms with Crippen molar-refractivity contribution in [1.82, 2.24) is 24.6 Å². The molecule has 3 atom stereocenters. The van der Waals surface area contributed by atoms with Gasteiger partial charge in [0.1, 0.15) is 23.0 Å². The van der Waals surface area contributed by atoms with Crippen molar-refractivity contribution in [3.05, 3.63) is 41.6 Å². The Hall–Kier alpha value is -3.93. The number of esters is 1. The minimum absolute atomic E-state index is 0.0216. The molecule has 5 heterocycles. The number of carbonyl (C=O) groups is 1. The average molecular weight is 813 g/mol. The van der Waals surface area contributed by atoms with E-state index in [2.05, 4.69) is 36.3 Å². The van der Waals surface area contributed by atoms with Crippen LogP contribution in [-0.2, 0) is 14.3 Å². The van der Waals surface area contributed by atoms with Crippen LogP contribution < -0.4 is 14.4 Å². The normalized spacial score (nSPS) is 23.4. The minimum Gasteiger partial charge on any atom is -0.494 e. The molecule has 4 fully saturated rings. The number of ether oxygens (including phenoxy) is 4. The third-order valence-electron chi connectivity index (χ3n) is 13.3. The number of fused-ring (bicyclic) bond motifs is 2. The molecule has 11 nitrogen and oxygen atoms in total. The zero-order valence-electron chi connectivity index (χ0n) is 35.3. The van der Waals surface area contributed by atoms with Crippen molar-refractivity contribution in [2.24, 2.45) is 17.3 Å². The molecule has 4 aliphatic rings. The lowest BCUT2D eigenvalue weighted by Gasteiger charge is -2.48. The highest BCUT2D eigenvalue weighted by Gasteiger charge is 2.45. The maximum absolute atomic E-state index is 13.1. The van der Waals surface area contributed by atoms with Crippen molar-refractivity contribution in [3.63, 3.8) is 0 Å². The van der Waals surface area contributed by atoms with Gasteiger partial charge in [0.05, 0.1) is 24.7 Å². The maximum atomic E-state index is 13.1. The van der Waals surface area contributed by atoms with Gasteiger partial charge in [0.2, 0.25) is 0 Å². The quantitative estimate of drug-likeness (QED) is 0.152. The van der Waals surface area contributed by atoms with E-state index in [-0.39, 0.29) is 35.6 Å². The van der Waals surface area contributed by atoms with E-state index in [9.17, 15) is 4.79 Å². The molecular formula is C46H61ClN6O5.